The first-order valence-electron chi connectivity index (χ1n) is 8.37. The Hall–Kier alpha value is -2.35. The predicted molar refractivity (Wildman–Crippen MR) is 115 cm³/mol. The number of anilines is 1. The van der Waals surface area contributed by atoms with Gasteiger partial charge in [0, 0.05) is 10.9 Å². The summed E-state index contributed by atoms with van der Waals surface area (Å²) in [6.07, 6.45) is 0. The van der Waals surface area contributed by atoms with Gasteiger partial charge in [-0.2, -0.15) is 0 Å². The molecule has 4 nitrogen and oxygen atoms in total. The van der Waals surface area contributed by atoms with Crippen LogP contribution in [0.1, 0.15) is 26.5 Å². The molecule has 1 amide bonds. The fourth-order valence-electron chi connectivity index (χ4n) is 2.73. The maximum absolute atomic E-state index is 12.7. The van der Waals surface area contributed by atoms with Crippen LogP contribution in [0.4, 0.5) is 5.13 Å². The lowest BCUT2D eigenvalue weighted by atomic mass is 10.0. The van der Waals surface area contributed by atoms with Gasteiger partial charge in [-0.3, -0.25) is 10.1 Å². The van der Waals surface area contributed by atoms with Gasteiger partial charge in [-0.1, -0.05) is 23.8 Å². The van der Waals surface area contributed by atoms with Gasteiger partial charge in [0.2, 0.25) is 0 Å². The summed E-state index contributed by atoms with van der Waals surface area (Å²) in [7, 11) is 0. The first-order valence-corrected chi connectivity index (χ1v) is 10.9. The highest BCUT2D eigenvalue weighted by molar-refractivity contribution is 7.22. The second-order valence-corrected chi connectivity index (χ2v) is 9.03. The molecule has 4 rings (SSSR count). The third-order valence-corrected chi connectivity index (χ3v) is 7.08. The molecule has 3 heterocycles. The fraction of sp³-hybridized carbons (Fsp3) is 0.150. The Morgan fingerprint density at radius 3 is 2.70 bits per heavy atom. The standard InChI is InChI=1S/C20H17N3OS3/c1-11-6-7-12(2)14(9-11)15-10-26-20(22-15)23-18(24)17-13(3)21-19(27-17)16-5-4-8-25-16/h4-10H,1-3H3,(H,22,23,24). The Balaban J connectivity index is 1.56. The molecule has 0 radical (unpaired) electrons. The summed E-state index contributed by atoms with van der Waals surface area (Å²) in [6, 6.07) is 10.3. The molecule has 27 heavy (non-hydrogen) atoms. The van der Waals surface area contributed by atoms with E-state index in [2.05, 4.69) is 47.3 Å². The summed E-state index contributed by atoms with van der Waals surface area (Å²) in [6.45, 7) is 6.00. The molecule has 3 aromatic heterocycles. The minimum absolute atomic E-state index is 0.158. The minimum Gasteiger partial charge on any atom is -0.297 e. The molecule has 1 N–H and O–H groups in total. The Morgan fingerprint density at radius 1 is 1.07 bits per heavy atom. The lowest BCUT2D eigenvalue weighted by molar-refractivity contribution is 0.103. The molecule has 0 fully saturated rings. The summed E-state index contributed by atoms with van der Waals surface area (Å²) in [4.78, 5) is 23.6. The van der Waals surface area contributed by atoms with E-state index in [9.17, 15) is 4.79 Å². The topological polar surface area (TPSA) is 54.9 Å². The number of aryl methyl sites for hydroxylation is 3. The van der Waals surface area contributed by atoms with Crippen molar-refractivity contribution in [2.75, 3.05) is 5.32 Å². The van der Waals surface area contributed by atoms with Crippen LogP contribution >= 0.6 is 34.0 Å². The van der Waals surface area contributed by atoms with Gasteiger partial charge >= 0.3 is 0 Å². The van der Waals surface area contributed by atoms with E-state index in [1.54, 1.807) is 11.3 Å². The van der Waals surface area contributed by atoms with Gasteiger partial charge in [0.15, 0.2) is 5.13 Å². The van der Waals surface area contributed by atoms with Crippen molar-refractivity contribution in [1.82, 2.24) is 9.97 Å². The molecule has 0 unspecified atom stereocenters. The van der Waals surface area contributed by atoms with Crippen molar-refractivity contribution in [2.45, 2.75) is 20.8 Å². The maximum atomic E-state index is 12.7. The SMILES string of the molecule is Cc1ccc(C)c(-c2csc(NC(=O)c3sc(-c4cccs4)nc3C)n2)c1. The Labute approximate surface area is 169 Å². The zero-order valence-electron chi connectivity index (χ0n) is 15.1. The van der Waals surface area contributed by atoms with E-state index in [1.165, 1.54) is 33.8 Å². The van der Waals surface area contributed by atoms with E-state index in [1.807, 2.05) is 29.8 Å². The molecular weight excluding hydrogens is 394 g/mol. The van der Waals surface area contributed by atoms with Crippen molar-refractivity contribution in [2.24, 2.45) is 0 Å². The van der Waals surface area contributed by atoms with Crippen LogP contribution in [0.15, 0.2) is 41.1 Å². The molecule has 1 aromatic carbocycles. The Morgan fingerprint density at radius 2 is 1.93 bits per heavy atom. The van der Waals surface area contributed by atoms with Gasteiger partial charge in [-0.25, -0.2) is 9.97 Å². The smallest absolute Gasteiger partial charge is 0.269 e. The van der Waals surface area contributed by atoms with Gasteiger partial charge in [-0.15, -0.1) is 34.0 Å². The van der Waals surface area contributed by atoms with E-state index < -0.39 is 0 Å². The summed E-state index contributed by atoms with van der Waals surface area (Å²) >= 11 is 4.47. The predicted octanol–water partition coefficient (Wildman–Crippen LogP) is 6.17. The molecular formula is C20H17N3OS3. The molecule has 136 valence electrons. The van der Waals surface area contributed by atoms with Crippen molar-refractivity contribution >= 4 is 45.0 Å². The van der Waals surface area contributed by atoms with Crippen molar-refractivity contribution in [3.05, 3.63) is 62.8 Å². The third kappa shape index (κ3) is 3.71. The van der Waals surface area contributed by atoms with Crippen LogP contribution in [0.2, 0.25) is 0 Å². The fourth-order valence-corrected chi connectivity index (χ4v) is 5.20. The van der Waals surface area contributed by atoms with E-state index in [0.717, 1.165) is 26.8 Å². The monoisotopic (exact) mass is 411 g/mol. The van der Waals surface area contributed by atoms with Crippen molar-refractivity contribution < 1.29 is 4.79 Å². The second kappa shape index (κ2) is 7.34. The molecule has 0 saturated heterocycles. The highest BCUT2D eigenvalue weighted by Crippen LogP contribution is 2.32. The number of hydrogen-bond donors (Lipinski definition) is 1. The van der Waals surface area contributed by atoms with Crippen molar-refractivity contribution in [1.29, 1.82) is 0 Å². The van der Waals surface area contributed by atoms with Gasteiger partial charge in [-0.05, 0) is 43.8 Å². The Bertz CT molecular complexity index is 1110. The first kappa shape index (κ1) is 18.0. The Kier molecular flexibility index (Phi) is 4.90. The minimum atomic E-state index is -0.158. The normalized spacial score (nSPS) is 10.9. The number of thiophene rings is 1. The number of aromatic nitrogens is 2. The number of nitrogens with one attached hydrogen (secondary N) is 1. The van der Waals surface area contributed by atoms with Gasteiger partial charge in [0.1, 0.15) is 9.88 Å². The second-order valence-electron chi connectivity index (χ2n) is 6.22. The van der Waals surface area contributed by atoms with Crippen LogP contribution < -0.4 is 5.32 Å². The maximum Gasteiger partial charge on any atom is 0.269 e. The molecule has 7 heteroatoms. The molecule has 4 aromatic rings. The number of rotatable bonds is 4. The summed E-state index contributed by atoms with van der Waals surface area (Å²) < 4.78 is 0. The number of carbonyl (C=O) groups excluding carboxylic acids is 1. The summed E-state index contributed by atoms with van der Waals surface area (Å²) in [5.74, 6) is -0.158. The van der Waals surface area contributed by atoms with E-state index in [-0.39, 0.29) is 5.91 Å². The number of benzene rings is 1. The lowest BCUT2D eigenvalue weighted by Crippen LogP contribution is -2.11. The summed E-state index contributed by atoms with van der Waals surface area (Å²) in [5.41, 5.74) is 5.09. The van der Waals surface area contributed by atoms with Crippen molar-refractivity contribution in [3.63, 3.8) is 0 Å². The number of carbonyl (C=O) groups is 1. The lowest BCUT2D eigenvalue weighted by Gasteiger charge is -2.04. The van der Waals surface area contributed by atoms with E-state index in [4.69, 9.17) is 0 Å². The number of amides is 1. The molecule has 0 spiro atoms. The molecule has 0 aliphatic heterocycles. The van der Waals surface area contributed by atoms with Gasteiger partial charge in [0.25, 0.3) is 5.91 Å². The average molecular weight is 412 g/mol. The van der Waals surface area contributed by atoms with Crippen LogP contribution in [0.5, 0.6) is 0 Å². The van der Waals surface area contributed by atoms with Gasteiger partial charge < -0.3 is 0 Å². The highest BCUT2D eigenvalue weighted by Gasteiger charge is 2.18. The molecule has 0 bridgehead atoms. The first-order chi connectivity index (χ1) is 13.0. The van der Waals surface area contributed by atoms with Crippen LogP contribution in [0.25, 0.3) is 21.1 Å². The largest absolute Gasteiger partial charge is 0.297 e. The third-order valence-electron chi connectivity index (χ3n) is 4.13. The molecule has 0 aliphatic carbocycles. The van der Waals surface area contributed by atoms with Crippen molar-refractivity contribution in [3.8, 4) is 21.1 Å². The zero-order valence-corrected chi connectivity index (χ0v) is 17.5. The average Bonchev–Trinajstić information content (AvgIpc) is 3.37. The summed E-state index contributed by atoms with van der Waals surface area (Å²) in [5, 5.41) is 8.39. The molecule has 0 atom stereocenters. The van der Waals surface area contributed by atoms with Gasteiger partial charge in [0.05, 0.1) is 16.3 Å². The molecule has 0 aliphatic rings. The van der Waals surface area contributed by atoms with Crippen LogP contribution in [-0.4, -0.2) is 15.9 Å². The van der Waals surface area contributed by atoms with Crippen LogP contribution in [-0.2, 0) is 0 Å². The van der Waals surface area contributed by atoms with Crippen LogP contribution in [0, 0.1) is 20.8 Å². The number of hydrogen-bond acceptors (Lipinski definition) is 6. The number of thiazole rings is 2. The quantitative estimate of drug-likeness (QED) is 0.437. The molecule has 0 saturated carbocycles. The highest BCUT2D eigenvalue weighted by atomic mass is 32.1. The van der Waals surface area contributed by atoms with E-state index in [0.29, 0.717) is 10.0 Å². The van der Waals surface area contributed by atoms with Crippen LogP contribution in [0.3, 0.4) is 0 Å². The number of nitrogens with zero attached hydrogens (tertiary/aromatic N) is 2. The van der Waals surface area contributed by atoms with E-state index >= 15 is 0 Å². The zero-order chi connectivity index (χ0) is 19.0.